The second-order valence-electron chi connectivity index (χ2n) is 6.09. The molecule has 2 rings (SSSR count). The highest BCUT2D eigenvalue weighted by atomic mass is 32.2. The molecule has 0 aliphatic rings. The normalized spacial score (nSPS) is 12.4. The van der Waals surface area contributed by atoms with Crippen LogP contribution in [0.25, 0.3) is 0 Å². The van der Waals surface area contributed by atoms with E-state index < -0.39 is 15.1 Å². The number of amides is 2. The molecule has 0 unspecified atom stereocenters. The molecule has 0 radical (unpaired) electrons. The van der Waals surface area contributed by atoms with Crippen molar-refractivity contribution in [1.29, 1.82) is 0 Å². The average Bonchev–Trinajstić information content (AvgIpc) is 3.16. The van der Waals surface area contributed by atoms with E-state index >= 15 is 0 Å². The average molecular weight is 396 g/mol. The van der Waals surface area contributed by atoms with E-state index in [0.717, 1.165) is 12.1 Å². The first-order valence-electron chi connectivity index (χ1n) is 8.42. The Morgan fingerprint density at radius 3 is 2.38 bits per heavy atom. The predicted octanol–water partition coefficient (Wildman–Crippen LogP) is 3.04. The number of benzene rings is 1. The second-order valence-corrected chi connectivity index (χ2v) is 9.39. The first kappa shape index (κ1) is 20.3. The van der Waals surface area contributed by atoms with Gasteiger partial charge in [-0.25, -0.2) is 13.2 Å². The first-order valence-corrected chi connectivity index (χ1v) is 10.8. The van der Waals surface area contributed by atoms with E-state index in [2.05, 4.69) is 10.6 Å². The van der Waals surface area contributed by atoms with Crippen molar-refractivity contribution in [2.75, 3.05) is 32.1 Å². The van der Waals surface area contributed by atoms with Gasteiger partial charge >= 0.3 is 6.03 Å². The van der Waals surface area contributed by atoms with Crippen molar-refractivity contribution in [2.24, 2.45) is 0 Å². The third-order valence-electron chi connectivity index (χ3n) is 3.91. The molecular formula is C18H25N3O3S2. The van der Waals surface area contributed by atoms with E-state index in [4.69, 9.17) is 0 Å². The van der Waals surface area contributed by atoms with Crippen molar-refractivity contribution in [2.45, 2.75) is 22.8 Å². The summed E-state index contributed by atoms with van der Waals surface area (Å²) < 4.78 is 26.4. The molecule has 2 aromatic rings. The lowest BCUT2D eigenvalue weighted by molar-refractivity contribution is 0.241. The zero-order valence-corrected chi connectivity index (χ0v) is 16.9. The number of sulfone groups is 1. The fourth-order valence-corrected chi connectivity index (χ4v) is 5.31. The maximum absolute atomic E-state index is 13.1. The lowest BCUT2D eigenvalue weighted by Gasteiger charge is -2.20. The van der Waals surface area contributed by atoms with Gasteiger partial charge in [0.1, 0.15) is 9.46 Å². The molecule has 1 aromatic carbocycles. The Bertz CT molecular complexity index is 801. The lowest BCUT2D eigenvalue weighted by Crippen LogP contribution is -2.39. The second kappa shape index (κ2) is 9.05. The van der Waals surface area contributed by atoms with Crippen LogP contribution in [0.4, 0.5) is 10.5 Å². The standard InChI is InChI=1S/C18H25N3O3S2/c1-4-11-19-18(22)20-13-16(26(23,24)17-6-5-12-25-17)14-7-9-15(10-8-14)21(2)3/h5-10,12,16H,4,11,13H2,1-3H3,(H2,19,20,22)/t16-/m0/s1. The van der Waals surface area contributed by atoms with E-state index in [1.807, 2.05) is 38.1 Å². The topological polar surface area (TPSA) is 78.5 Å². The molecule has 2 amide bonds. The lowest BCUT2D eigenvalue weighted by atomic mass is 10.1. The van der Waals surface area contributed by atoms with Crippen molar-refractivity contribution < 1.29 is 13.2 Å². The van der Waals surface area contributed by atoms with Crippen LogP contribution in [0.15, 0.2) is 46.0 Å². The number of anilines is 1. The quantitative estimate of drug-likeness (QED) is 0.720. The molecular weight excluding hydrogens is 370 g/mol. The van der Waals surface area contributed by atoms with Crippen molar-refractivity contribution >= 4 is 32.9 Å². The summed E-state index contributed by atoms with van der Waals surface area (Å²) >= 11 is 1.18. The molecule has 0 spiro atoms. The number of rotatable bonds is 8. The monoisotopic (exact) mass is 395 g/mol. The van der Waals surface area contributed by atoms with Crippen LogP contribution >= 0.6 is 11.3 Å². The van der Waals surface area contributed by atoms with E-state index in [0.29, 0.717) is 16.3 Å². The number of carbonyl (C=O) groups is 1. The summed E-state index contributed by atoms with van der Waals surface area (Å²) in [6.45, 7) is 2.51. The number of hydrogen-bond acceptors (Lipinski definition) is 5. The molecule has 1 heterocycles. The minimum atomic E-state index is -3.60. The number of hydrogen-bond donors (Lipinski definition) is 2. The van der Waals surface area contributed by atoms with Crippen LogP contribution in [0.5, 0.6) is 0 Å². The maximum Gasteiger partial charge on any atom is 0.314 e. The molecule has 0 aliphatic carbocycles. The van der Waals surface area contributed by atoms with Gasteiger partial charge < -0.3 is 15.5 Å². The van der Waals surface area contributed by atoms with Gasteiger partial charge in [0, 0.05) is 32.9 Å². The molecule has 0 aliphatic heterocycles. The summed E-state index contributed by atoms with van der Waals surface area (Å²) in [6, 6.07) is 10.3. The van der Waals surface area contributed by atoms with Gasteiger partial charge in [-0.2, -0.15) is 0 Å². The van der Waals surface area contributed by atoms with Crippen molar-refractivity contribution in [3.05, 3.63) is 47.3 Å². The summed E-state index contributed by atoms with van der Waals surface area (Å²) in [5, 5.41) is 6.28. The third-order valence-corrected chi connectivity index (χ3v) is 7.45. The molecule has 26 heavy (non-hydrogen) atoms. The predicted molar refractivity (Wildman–Crippen MR) is 107 cm³/mol. The molecule has 0 bridgehead atoms. The van der Waals surface area contributed by atoms with Gasteiger partial charge in [-0.3, -0.25) is 0 Å². The Hall–Kier alpha value is -2.06. The molecule has 8 heteroatoms. The van der Waals surface area contributed by atoms with E-state index in [9.17, 15) is 13.2 Å². The summed E-state index contributed by atoms with van der Waals surface area (Å²) in [4.78, 5) is 13.8. The van der Waals surface area contributed by atoms with Gasteiger partial charge in [-0.15, -0.1) is 11.3 Å². The molecule has 0 saturated heterocycles. The highest BCUT2D eigenvalue weighted by Crippen LogP contribution is 2.32. The van der Waals surface area contributed by atoms with Gasteiger partial charge in [0.25, 0.3) is 0 Å². The summed E-state index contributed by atoms with van der Waals surface area (Å²) in [6.07, 6.45) is 0.816. The van der Waals surface area contributed by atoms with Crippen molar-refractivity contribution in [1.82, 2.24) is 10.6 Å². The van der Waals surface area contributed by atoms with Gasteiger partial charge in [-0.05, 0) is 35.6 Å². The molecule has 1 atom stereocenters. The molecule has 0 saturated carbocycles. The van der Waals surface area contributed by atoms with Gasteiger partial charge in [0.2, 0.25) is 0 Å². The van der Waals surface area contributed by atoms with Crippen LogP contribution in [0.2, 0.25) is 0 Å². The summed E-state index contributed by atoms with van der Waals surface area (Å²) in [7, 11) is 0.253. The van der Waals surface area contributed by atoms with Crippen molar-refractivity contribution in [3.8, 4) is 0 Å². The SMILES string of the molecule is CCCNC(=O)NC[C@@H](c1ccc(N(C)C)cc1)S(=O)(=O)c1cccs1. The highest BCUT2D eigenvalue weighted by molar-refractivity contribution is 7.93. The number of nitrogens with one attached hydrogen (secondary N) is 2. The Labute approximate surface area is 159 Å². The Balaban J connectivity index is 2.28. The van der Waals surface area contributed by atoms with Gasteiger partial charge in [0.15, 0.2) is 9.84 Å². The van der Waals surface area contributed by atoms with Crippen LogP contribution in [-0.4, -0.2) is 41.6 Å². The minimum absolute atomic E-state index is 0.0110. The number of thiophene rings is 1. The third kappa shape index (κ3) is 4.98. The van der Waals surface area contributed by atoms with Crippen LogP contribution in [-0.2, 0) is 9.84 Å². The summed E-state index contributed by atoms with van der Waals surface area (Å²) in [5.41, 5.74) is 1.63. The van der Waals surface area contributed by atoms with E-state index in [1.165, 1.54) is 11.3 Å². The Kier molecular flexibility index (Phi) is 7.05. The maximum atomic E-state index is 13.1. The van der Waals surface area contributed by atoms with Crippen LogP contribution in [0, 0.1) is 0 Å². The largest absolute Gasteiger partial charge is 0.378 e. The van der Waals surface area contributed by atoms with Crippen molar-refractivity contribution in [3.63, 3.8) is 0 Å². The van der Waals surface area contributed by atoms with E-state index in [-0.39, 0.29) is 12.6 Å². The molecule has 2 N–H and O–H groups in total. The Morgan fingerprint density at radius 1 is 1.15 bits per heavy atom. The van der Waals surface area contributed by atoms with Gasteiger partial charge in [-0.1, -0.05) is 25.1 Å². The highest BCUT2D eigenvalue weighted by Gasteiger charge is 2.30. The number of carbonyl (C=O) groups excluding carboxylic acids is 1. The zero-order valence-electron chi connectivity index (χ0n) is 15.2. The molecule has 1 aromatic heterocycles. The zero-order chi connectivity index (χ0) is 19.2. The number of urea groups is 1. The van der Waals surface area contributed by atoms with Crippen LogP contribution < -0.4 is 15.5 Å². The smallest absolute Gasteiger partial charge is 0.314 e. The molecule has 142 valence electrons. The molecule has 6 nitrogen and oxygen atoms in total. The van der Waals surface area contributed by atoms with Gasteiger partial charge in [0.05, 0.1) is 0 Å². The van der Waals surface area contributed by atoms with E-state index in [1.54, 1.807) is 29.6 Å². The van der Waals surface area contributed by atoms with Crippen LogP contribution in [0.1, 0.15) is 24.2 Å². The molecule has 0 fully saturated rings. The fourth-order valence-electron chi connectivity index (χ4n) is 2.45. The minimum Gasteiger partial charge on any atom is -0.378 e. The summed E-state index contributed by atoms with van der Waals surface area (Å²) in [5.74, 6) is 0. The Morgan fingerprint density at radius 2 is 1.85 bits per heavy atom. The number of nitrogens with zero attached hydrogens (tertiary/aromatic N) is 1. The first-order chi connectivity index (χ1) is 12.4. The fraction of sp³-hybridized carbons (Fsp3) is 0.389. The van der Waals surface area contributed by atoms with Crippen LogP contribution in [0.3, 0.4) is 0 Å².